The van der Waals surface area contributed by atoms with E-state index < -0.39 is 0 Å². The normalized spacial score (nSPS) is 15.6. The Hall–Kier alpha value is -1.19. The molecule has 0 spiro atoms. The van der Waals surface area contributed by atoms with Gasteiger partial charge in [0, 0.05) is 17.7 Å². The predicted molar refractivity (Wildman–Crippen MR) is 70.2 cm³/mol. The zero-order valence-electron chi connectivity index (χ0n) is 10.9. The summed E-state index contributed by atoms with van der Waals surface area (Å²) >= 11 is 0. The number of likely N-dealkylation sites (tertiary alicyclic amines) is 1. The molecule has 1 aliphatic rings. The summed E-state index contributed by atoms with van der Waals surface area (Å²) in [6.07, 6.45) is 3.66. The molecular weight excluding hydrogens is 265 g/mol. The van der Waals surface area contributed by atoms with Gasteiger partial charge in [-0.1, -0.05) is 13.0 Å². The van der Waals surface area contributed by atoms with Gasteiger partial charge in [-0.2, -0.15) is 0 Å². The maximum Gasteiger partial charge on any atom is 0.189 e. The van der Waals surface area contributed by atoms with Crippen molar-refractivity contribution < 1.29 is 21.6 Å². The van der Waals surface area contributed by atoms with Crippen LogP contribution in [0.15, 0.2) is 36.4 Å². The summed E-state index contributed by atoms with van der Waals surface area (Å²) in [5.41, 5.74) is 1.10. The highest BCUT2D eigenvalue weighted by Crippen LogP contribution is 2.13. The van der Waals surface area contributed by atoms with Crippen molar-refractivity contribution in [1.29, 1.82) is 0 Å². The monoisotopic (exact) mass is 282 g/mol. The zero-order valence-corrected chi connectivity index (χ0v) is 11.6. The zero-order chi connectivity index (χ0) is 13.0. The third kappa shape index (κ3) is 4.44. The summed E-state index contributed by atoms with van der Waals surface area (Å²) in [6, 6.07) is 5.64. The average Bonchev–Trinajstić information content (AvgIpc) is 2.40. The van der Waals surface area contributed by atoms with Gasteiger partial charge >= 0.3 is 0 Å². The van der Waals surface area contributed by atoms with E-state index in [2.05, 4.69) is 11.5 Å². The van der Waals surface area contributed by atoms with Crippen molar-refractivity contribution in [1.82, 2.24) is 4.90 Å². The summed E-state index contributed by atoms with van der Waals surface area (Å²) in [5.74, 6) is -0.409. The Bertz CT molecular complexity index is 438. The van der Waals surface area contributed by atoms with Crippen LogP contribution in [0.25, 0.3) is 0 Å². The SMILES string of the molecule is C=C(CN1CCCCC1)C(=O)c1ccc(F)cc1.[Cl-]. The summed E-state index contributed by atoms with van der Waals surface area (Å²) in [7, 11) is 0. The molecule has 0 aromatic heterocycles. The highest BCUT2D eigenvalue weighted by atomic mass is 35.5. The number of halogens is 2. The molecule has 104 valence electrons. The van der Waals surface area contributed by atoms with E-state index in [1.54, 1.807) is 0 Å². The molecule has 0 amide bonds. The number of benzene rings is 1. The largest absolute Gasteiger partial charge is 1.00 e. The molecule has 1 fully saturated rings. The first kappa shape index (κ1) is 15.9. The van der Waals surface area contributed by atoms with Gasteiger partial charge in [-0.15, -0.1) is 0 Å². The van der Waals surface area contributed by atoms with Crippen molar-refractivity contribution in [3.05, 3.63) is 47.8 Å². The molecular formula is C15H18ClFNO-. The van der Waals surface area contributed by atoms with E-state index in [1.165, 1.54) is 43.5 Å². The quantitative estimate of drug-likeness (QED) is 0.575. The average molecular weight is 283 g/mol. The van der Waals surface area contributed by atoms with Crippen LogP contribution in [0.2, 0.25) is 0 Å². The van der Waals surface area contributed by atoms with E-state index in [4.69, 9.17) is 0 Å². The molecule has 0 unspecified atom stereocenters. The fourth-order valence-electron chi connectivity index (χ4n) is 2.26. The summed E-state index contributed by atoms with van der Waals surface area (Å²) in [5, 5.41) is 0. The van der Waals surface area contributed by atoms with E-state index in [-0.39, 0.29) is 24.0 Å². The first-order chi connectivity index (χ1) is 8.66. The minimum absolute atomic E-state index is 0. The lowest BCUT2D eigenvalue weighted by molar-refractivity contribution is -0.0000116. The van der Waals surface area contributed by atoms with Crippen molar-refractivity contribution in [3.8, 4) is 0 Å². The molecule has 2 nitrogen and oxygen atoms in total. The van der Waals surface area contributed by atoms with Crippen LogP contribution in [0.3, 0.4) is 0 Å². The Labute approximate surface area is 119 Å². The minimum Gasteiger partial charge on any atom is -1.00 e. The van der Waals surface area contributed by atoms with Gasteiger partial charge in [0.15, 0.2) is 5.78 Å². The lowest BCUT2D eigenvalue weighted by Crippen LogP contribution is -3.00. The van der Waals surface area contributed by atoms with E-state index in [0.717, 1.165) is 13.1 Å². The molecule has 0 N–H and O–H groups in total. The van der Waals surface area contributed by atoms with Crippen LogP contribution in [-0.4, -0.2) is 30.3 Å². The Balaban J connectivity index is 0.00000180. The molecule has 1 heterocycles. The van der Waals surface area contributed by atoms with Gasteiger partial charge in [0.05, 0.1) is 0 Å². The third-order valence-corrected chi connectivity index (χ3v) is 3.29. The number of carbonyl (C=O) groups excluding carboxylic acids is 1. The van der Waals surface area contributed by atoms with Gasteiger partial charge < -0.3 is 12.4 Å². The maximum absolute atomic E-state index is 12.8. The number of Topliss-reactive ketones (excluding diaryl/α,β-unsaturated/α-hetero) is 1. The molecule has 19 heavy (non-hydrogen) atoms. The van der Waals surface area contributed by atoms with Crippen LogP contribution in [0.1, 0.15) is 29.6 Å². The summed E-state index contributed by atoms with van der Waals surface area (Å²) in [6.45, 7) is 6.56. The molecule has 4 heteroatoms. The molecule has 1 aromatic rings. The molecule has 0 atom stereocenters. The topological polar surface area (TPSA) is 20.3 Å². The molecule has 0 bridgehead atoms. The highest BCUT2D eigenvalue weighted by Gasteiger charge is 2.16. The van der Waals surface area contributed by atoms with Gasteiger partial charge in [0.25, 0.3) is 0 Å². The van der Waals surface area contributed by atoms with E-state index in [1.807, 2.05) is 0 Å². The smallest absolute Gasteiger partial charge is 0.189 e. The van der Waals surface area contributed by atoms with Crippen LogP contribution in [-0.2, 0) is 0 Å². The van der Waals surface area contributed by atoms with E-state index in [0.29, 0.717) is 17.7 Å². The Morgan fingerprint density at radius 2 is 1.74 bits per heavy atom. The first-order valence-corrected chi connectivity index (χ1v) is 6.37. The van der Waals surface area contributed by atoms with E-state index >= 15 is 0 Å². The van der Waals surface area contributed by atoms with Gasteiger partial charge in [-0.25, -0.2) is 4.39 Å². The maximum atomic E-state index is 12.8. The summed E-state index contributed by atoms with van der Waals surface area (Å²) < 4.78 is 12.8. The van der Waals surface area contributed by atoms with Crippen molar-refractivity contribution in [2.45, 2.75) is 19.3 Å². The number of nitrogens with zero attached hydrogens (tertiary/aromatic N) is 1. The molecule has 1 aliphatic heterocycles. The van der Waals surface area contributed by atoms with Crippen LogP contribution >= 0.6 is 0 Å². The molecule has 1 saturated heterocycles. The van der Waals surface area contributed by atoms with Crippen molar-refractivity contribution in [2.24, 2.45) is 0 Å². The first-order valence-electron chi connectivity index (χ1n) is 6.37. The summed E-state index contributed by atoms with van der Waals surface area (Å²) in [4.78, 5) is 14.3. The third-order valence-electron chi connectivity index (χ3n) is 3.29. The fraction of sp³-hybridized carbons (Fsp3) is 0.400. The number of carbonyl (C=O) groups is 1. The van der Waals surface area contributed by atoms with Gasteiger partial charge in [0.1, 0.15) is 5.82 Å². The van der Waals surface area contributed by atoms with Crippen LogP contribution < -0.4 is 12.4 Å². The second kappa shape index (κ2) is 7.41. The molecule has 0 saturated carbocycles. The Morgan fingerprint density at radius 3 is 2.32 bits per heavy atom. The molecule has 0 radical (unpaired) electrons. The fourth-order valence-corrected chi connectivity index (χ4v) is 2.26. The highest BCUT2D eigenvalue weighted by molar-refractivity contribution is 6.08. The second-order valence-electron chi connectivity index (χ2n) is 4.78. The molecule has 2 rings (SSSR count). The standard InChI is InChI=1S/C15H18FNO.ClH/c1-12(11-17-9-3-2-4-10-17)15(18)13-5-7-14(16)8-6-13;/h5-8H,1-4,9-11H2;1H/p-1. The number of hydrogen-bond acceptors (Lipinski definition) is 2. The Kier molecular flexibility index (Phi) is 6.19. The number of ketones is 1. The number of hydrogen-bond donors (Lipinski definition) is 0. The molecule has 0 aliphatic carbocycles. The molecule has 1 aromatic carbocycles. The van der Waals surface area contributed by atoms with Crippen molar-refractivity contribution >= 4 is 5.78 Å². The van der Waals surface area contributed by atoms with E-state index in [9.17, 15) is 9.18 Å². The lowest BCUT2D eigenvalue weighted by atomic mass is 10.0. The van der Waals surface area contributed by atoms with Crippen LogP contribution in [0.5, 0.6) is 0 Å². The van der Waals surface area contributed by atoms with Crippen LogP contribution in [0, 0.1) is 5.82 Å². The van der Waals surface area contributed by atoms with Gasteiger partial charge in [-0.3, -0.25) is 9.69 Å². The van der Waals surface area contributed by atoms with Crippen molar-refractivity contribution in [3.63, 3.8) is 0 Å². The number of rotatable bonds is 4. The lowest BCUT2D eigenvalue weighted by Gasteiger charge is -2.26. The predicted octanol–water partition coefficient (Wildman–Crippen LogP) is 0.0545. The van der Waals surface area contributed by atoms with Gasteiger partial charge in [0.2, 0.25) is 0 Å². The van der Waals surface area contributed by atoms with Crippen molar-refractivity contribution in [2.75, 3.05) is 19.6 Å². The van der Waals surface area contributed by atoms with Crippen LogP contribution in [0.4, 0.5) is 4.39 Å². The number of piperidine rings is 1. The van der Waals surface area contributed by atoms with Gasteiger partial charge in [-0.05, 0) is 50.2 Å². The second-order valence-corrected chi connectivity index (χ2v) is 4.78. The Morgan fingerprint density at radius 1 is 1.16 bits per heavy atom. The minimum atomic E-state index is -0.326.